The van der Waals surface area contributed by atoms with Crippen molar-refractivity contribution < 1.29 is 23.9 Å². The first-order valence-electron chi connectivity index (χ1n) is 8.55. The SMILES string of the molecule is COC(=O)C1CC2CCC1N(C(=O)CCNC(=O)OC(C)(C)C)C2. The predicted octanol–water partition coefficient (Wildman–Crippen LogP) is 1.70. The van der Waals surface area contributed by atoms with E-state index >= 15 is 0 Å². The van der Waals surface area contributed by atoms with E-state index < -0.39 is 11.7 Å². The molecule has 24 heavy (non-hydrogen) atoms. The molecule has 2 aliphatic heterocycles. The molecule has 7 heteroatoms. The summed E-state index contributed by atoms with van der Waals surface area (Å²) in [5.74, 6) is -0.115. The number of amides is 2. The number of nitrogens with zero attached hydrogens (tertiary/aromatic N) is 1. The second-order valence-corrected chi connectivity index (χ2v) is 7.60. The molecule has 2 bridgehead atoms. The lowest BCUT2D eigenvalue weighted by molar-refractivity contribution is -0.158. The van der Waals surface area contributed by atoms with Crippen LogP contribution < -0.4 is 5.32 Å². The van der Waals surface area contributed by atoms with Crippen LogP contribution in [0.5, 0.6) is 0 Å². The molecule has 0 spiro atoms. The number of piperidine rings is 2. The number of fused-ring (bicyclic) bond motifs is 3. The summed E-state index contributed by atoms with van der Waals surface area (Å²) < 4.78 is 10.0. The van der Waals surface area contributed by atoms with Crippen molar-refractivity contribution in [2.45, 2.75) is 58.1 Å². The highest BCUT2D eigenvalue weighted by atomic mass is 16.6. The van der Waals surface area contributed by atoms with E-state index in [1.807, 2.05) is 0 Å². The number of hydrogen-bond acceptors (Lipinski definition) is 5. The molecule has 3 atom stereocenters. The molecule has 1 saturated carbocycles. The monoisotopic (exact) mass is 340 g/mol. The van der Waals surface area contributed by atoms with Gasteiger partial charge < -0.3 is 19.7 Å². The number of carbonyl (C=O) groups is 3. The van der Waals surface area contributed by atoms with Crippen LogP contribution in [0.3, 0.4) is 0 Å². The van der Waals surface area contributed by atoms with Crippen LogP contribution in [0.2, 0.25) is 0 Å². The van der Waals surface area contributed by atoms with Gasteiger partial charge in [-0.05, 0) is 46.0 Å². The second kappa shape index (κ2) is 7.40. The van der Waals surface area contributed by atoms with Gasteiger partial charge in [0, 0.05) is 25.6 Å². The van der Waals surface area contributed by atoms with Gasteiger partial charge in [-0.1, -0.05) is 0 Å². The van der Waals surface area contributed by atoms with Crippen molar-refractivity contribution in [1.29, 1.82) is 0 Å². The number of alkyl carbamates (subject to hydrolysis) is 1. The first kappa shape index (κ1) is 18.5. The summed E-state index contributed by atoms with van der Waals surface area (Å²) in [4.78, 5) is 37.8. The van der Waals surface area contributed by atoms with E-state index in [0.717, 1.165) is 19.3 Å². The Morgan fingerprint density at radius 2 is 1.92 bits per heavy atom. The first-order chi connectivity index (χ1) is 11.2. The Bertz CT molecular complexity index is 500. The molecule has 2 amide bonds. The van der Waals surface area contributed by atoms with Crippen LogP contribution in [-0.4, -0.2) is 54.7 Å². The zero-order valence-electron chi connectivity index (χ0n) is 15.0. The zero-order valence-corrected chi connectivity index (χ0v) is 15.0. The van der Waals surface area contributed by atoms with Gasteiger partial charge in [-0.3, -0.25) is 9.59 Å². The Morgan fingerprint density at radius 1 is 1.21 bits per heavy atom. The molecule has 136 valence electrons. The molecule has 2 heterocycles. The molecule has 7 nitrogen and oxygen atoms in total. The Hall–Kier alpha value is -1.79. The number of esters is 1. The van der Waals surface area contributed by atoms with E-state index in [-0.39, 0.29) is 36.8 Å². The lowest BCUT2D eigenvalue weighted by Gasteiger charge is -2.48. The highest BCUT2D eigenvalue weighted by Crippen LogP contribution is 2.39. The number of rotatable bonds is 4. The van der Waals surface area contributed by atoms with Crippen LogP contribution in [0.4, 0.5) is 4.79 Å². The second-order valence-electron chi connectivity index (χ2n) is 7.60. The third kappa shape index (κ3) is 4.61. The fourth-order valence-electron chi connectivity index (χ4n) is 3.61. The molecule has 1 aliphatic carbocycles. The molecule has 0 aromatic rings. The minimum atomic E-state index is -0.562. The van der Waals surface area contributed by atoms with E-state index in [4.69, 9.17) is 9.47 Å². The normalized spacial score (nSPS) is 26.0. The van der Waals surface area contributed by atoms with Crippen molar-refractivity contribution in [2.24, 2.45) is 11.8 Å². The van der Waals surface area contributed by atoms with Crippen molar-refractivity contribution in [3.05, 3.63) is 0 Å². The van der Waals surface area contributed by atoms with Gasteiger partial charge in [0.2, 0.25) is 5.91 Å². The summed E-state index contributed by atoms with van der Waals surface area (Å²) >= 11 is 0. The summed E-state index contributed by atoms with van der Waals surface area (Å²) in [5.41, 5.74) is -0.562. The smallest absolute Gasteiger partial charge is 0.407 e. The molecule has 3 fully saturated rings. The molecular weight excluding hydrogens is 312 g/mol. The zero-order chi connectivity index (χ0) is 17.9. The number of nitrogens with one attached hydrogen (secondary N) is 1. The van der Waals surface area contributed by atoms with Gasteiger partial charge >= 0.3 is 12.1 Å². The third-order valence-electron chi connectivity index (χ3n) is 4.61. The van der Waals surface area contributed by atoms with Crippen molar-refractivity contribution in [3.63, 3.8) is 0 Å². The van der Waals surface area contributed by atoms with E-state index in [9.17, 15) is 14.4 Å². The molecule has 3 unspecified atom stereocenters. The minimum Gasteiger partial charge on any atom is -0.469 e. The Balaban J connectivity index is 1.84. The number of carbonyl (C=O) groups excluding carboxylic acids is 3. The summed E-state index contributed by atoms with van der Waals surface area (Å²) in [5, 5.41) is 2.60. The molecule has 3 rings (SSSR count). The Morgan fingerprint density at radius 3 is 2.50 bits per heavy atom. The highest BCUT2D eigenvalue weighted by molar-refractivity contribution is 5.80. The molecule has 0 aromatic carbocycles. The molecule has 2 saturated heterocycles. The van der Waals surface area contributed by atoms with E-state index in [1.165, 1.54) is 7.11 Å². The molecule has 3 aliphatic rings. The summed E-state index contributed by atoms with van der Waals surface area (Å²) in [7, 11) is 1.39. The van der Waals surface area contributed by atoms with Crippen LogP contribution in [0.1, 0.15) is 46.5 Å². The van der Waals surface area contributed by atoms with E-state index in [2.05, 4.69) is 5.32 Å². The topological polar surface area (TPSA) is 84.9 Å². The van der Waals surface area contributed by atoms with Crippen LogP contribution >= 0.6 is 0 Å². The third-order valence-corrected chi connectivity index (χ3v) is 4.61. The van der Waals surface area contributed by atoms with Crippen LogP contribution in [0.25, 0.3) is 0 Å². The number of ether oxygens (including phenoxy) is 2. The van der Waals surface area contributed by atoms with Gasteiger partial charge in [-0.15, -0.1) is 0 Å². The highest BCUT2D eigenvalue weighted by Gasteiger charge is 2.46. The van der Waals surface area contributed by atoms with Gasteiger partial charge in [0.05, 0.1) is 13.0 Å². The van der Waals surface area contributed by atoms with Gasteiger partial charge in [-0.2, -0.15) is 0 Å². The Kier molecular flexibility index (Phi) is 5.72. The van der Waals surface area contributed by atoms with Crippen molar-refractivity contribution in [1.82, 2.24) is 10.2 Å². The summed E-state index contributed by atoms with van der Waals surface area (Å²) in [6, 6.07) is -0.0727. The van der Waals surface area contributed by atoms with Gasteiger partial charge in [0.1, 0.15) is 5.60 Å². The van der Waals surface area contributed by atoms with Crippen LogP contribution in [0.15, 0.2) is 0 Å². The summed E-state index contributed by atoms with van der Waals surface area (Å²) in [6.45, 7) is 6.29. The quantitative estimate of drug-likeness (QED) is 0.788. The van der Waals surface area contributed by atoms with Crippen molar-refractivity contribution >= 4 is 18.0 Å². The number of methoxy groups -OCH3 is 1. The van der Waals surface area contributed by atoms with Crippen LogP contribution in [0, 0.1) is 11.8 Å². The van der Waals surface area contributed by atoms with Gasteiger partial charge in [-0.25, -0.2) is 4.79 Å². The van der Waals surface area contributed by atoms with E-state index in [0.29, 0.717) is 12.5 Å². The van der Waals surface area contributed by atoms with Crippen LogP contribution in [-0.2, 0) is 19.1 Å². The van der Waals surface area contributed by atoms with Gasteiger partial charge in [0.15, 0.2) is 0 Å². The molecule has 1 N–H and O–H groups in total. The molecular formula is C17H28N2O5. The van der Waals surface area contributed by atoms with E-state index in [1.54, 1.807) is 25.7 Å². The largest absolute Gasteiger partial charge is 0.469 e. The molecule has 0 aromatic heterocycles. The Labute approximate surface area is 143 Å². The number of hydrogen-bond donors (Lipinski definition) is 1. The standard InChI is InChI=1S/C17H28N2O5/c1-17(2,3)24-16(22)18-8-7-14(20)19-10-11-5-6-13(19)12(9-11)15(21)23-4/h11-13H,5-10H2,1-4H3,(H,18,22). The fraction of sp³-hybridized carbons (Fsp3) is 0.824. The maximum absolute atomic E-state index is 12.5. The van der Waals surface area contributed by atoms with Crippen molar-refractivity contribution in [3.8, 4) is 0 Å². The first-order valence-corrected chi connectivity index (χ1v) is 8.55. The fourth-order valence-corrected chi connectivity index (χ4v) is 3.61. The average molecular weight is 340 g/mol. The van der Waals surface area contributed by atoms with Crippen molar-refractivity contribution in [2.75, 3.05) is 20.2 Å². The minimum absolute atomic E-state index is 0.0330. The molecule has 0 radical (unpaired) electrons. The summed E-state index contributed by atoms with van der Waals surface area (Å²) in [6.07, 6.45) is 2.38. The lowest BCUT2D eigenvalue weighted by Crippen LogP contribution is -2.57. The average Bonchev–Trinajstić information content (AvgIpc) is 2.52. The maximum atomic E-state index is 12.5. The lowest BCUT2D eigenvalue weighted by atomic mass is 9.72. The predicted molar refractivity (Wildman–Crippen MR) is 87.2 cm³/mol. The maximum Gasteiger partial charge on any atom is 0.407 e. The van der Waals surface area contributed by atoms with Gasteiger partial charge in [0.25, 0.3) is 0 Å².